The molecule has 0 aliphatic carbocycles. The number of sulfonamides is 1. The number of nitrogens with one attached hydrogen (secondary N) is 2. The maximum Gasteiger partial charge on any atom is 0.269 e. The van der Waals surface area contributed by atoms with E-state index < -0.39 is 51.3 Å². The van der Waals surface area contributed by atoms with Gasteiger partial charge in [0.1, 0.15) is 6.04 Å². The molecule has 0 heterocycles. The van der Waals surface area contributed by atoms with Crippen LogP contribution in [0.5, 0.6) is 0 Å². The van der Waals surface area contributed by atoms with Crippen LogP contribution in [0.2, 0.25) is 0 Å². The molecule has 0 spiro atoms. The monoisotopic (exact) mass is 542 g/mol. The highest BCUT2D eigenvalue weighted by atomic mass is 32.2. The number of aliphatic imine (C=N–C) groups is 1. The summed E-state index contributed by atoms with van der Waals surface area (Å²) in [7, 11) is -4.29. The number of nitrogens with two attached hydrogens (primary N) is 3. The number of nitro groups is 1. The lowest BCUT2D eigenvalue weighted by molar-refractivity contribution is -0.384. The smallest absolute Gasteiger partial charge is 0.269 e. The van der Waals surface area contributed by atoms with E-state index in [1.807, 2.05) is 6.92 Å². The van der Waals surface area contributed by atoms with Gasteiger partial charge in [0.25, 0.3) is 11.6 Å². The number of amides is 3. The molecule has 2 atom stereocenters. The first-order valence-corrected chi connectivity index (χ1v) is 13.3. The second-order valence-electron chi connectivity index (χ2n) is 8.18. The van der Waals surface area contributed by atoms with Crippen LogP contribution in [0, 0.1) is 10.1 Å². The molecule has 0 aliphatic heterocycles. The van der Waals surface area contributed by atoms with Crippen molar-refractivity contribution in [2.75, 3.05) is 24.7 Å². The van der Waals surface area contributed by atoms with Crippen LogP contribution in [0.15, 0.2) is 29.3 Å². The van der Waals surface area contributed by atoms with E-state index >= 15 is 0 Å². The van der Waals surface area contributed by atoms with Gasteiger partial charge < -0.3 is 27.8 Å². The van der Waals surface area contributed by atoms with Crippen LogP contribution >= 0.6 is 0 Å². The van der Waals surface area contributed by atoms with Crippen molar-refractivity contribution < 1.29 is 27.7 Å². The molecule has 8 N–H and O–H groups in total. The third-order valence-electron chi connectivity index (χ3n) is 5.08. The largest absolute Gasteiger partial charge is 0.370 e. The number of unbranched alkanes of at least 4 members (excludes halogenated alkanes) is 1. The van der Waals surface area contributed by atoms with Crippen LogP contribution in [-0.4, -0.2) is 72.8 Å². The zero-order valence-electron chi connectivity index (χ0n) is 20.8. The van der Waals surface area contributed by atoms with Gasteiger partial charge in [-0.2, -0.15) is 0 Å². The minimum Gasteiger partial charge on any atom is -0.370 e. The zero-order valence-corrected chi connectivity index (χ0v) is 21.6. The molecule has 3 amide bonds. The number of carbonyl (C=O) groups is 3. The number of hydrogen-bond donors (Lipinski definition) is 5. The number of anilines is 1. The Hall–Kier alpha value is -3.79. The molecule has 16 heteroatoms. The van der Waals surface area contributed by atoms with E-state index in [1.54, 1.807) is 0 Å². The zero-order chi connectivity index (χ0) is 28.2. The highest BCUT2D eigenvalue weighted by Gasteiger charge is 2.36. The Balaban J connectivity index is 3.15. The fourth-order valence-electron chi connectivity index (χ4n) is 3.26. The maximum atomic E-state index is 13.1. The average molecular weight is 543 g/mol. The van der Waals surface area contributed by atoms with E-state index in [9.17, 15) is 32.9 Å². The molecule has 1 aromatic rings. The van der Waals surface area contributed by atoms with Crippen molar-refractivity contribution in [1.82, 2.24) is 9.62 Å². The third kappa shape index (κ3) is 10.8. The van der Waals surface area contributed by atoms with Crippen molar-refractivity contribution in [3.05, 3.63) is 34.4 Å². The van der Waals surface area contributed by atoms with Gasteiger partial charge in [0.15, 0.2) is 5.96 Å². The molecule has 1 rings (SSSR count). The summed E-state index contributed by atoms with van der Waals surface area (Å²) in [6.07, 6.45) is 2.62. The first-order chi connectivity index (χ1) is 17.3. The van der Waals surface area contributed by atoms with E-state index in [2.05, 4.69) is 15.6 Å². The Morgan fingerprint density at radius 2 is 1.73 bits per heavy atom. The van der Waals surface area contributed by atoms with E-state index in [-0.39, 0.29) is 36.7 Å². The predicted molar refractivity (Wildman–Crippen MR) is 138 cm³/mol. The second-order valence-corrected chi connectivity index (χ2v) is 10.0. The van der Waals surface area contributed by atoms with Gasteiger partial charge in [0.05, 0.1) is 23.8 Å². The highest BCUT2D eigenvalue weighted by molar-refractivity contribution is 7.88. The number of non-ortho nitro benzene ring substituents is 1. The fraction of sp³-hybridized carbons (Fsp3) is 0.524. The minimum absolute atomic E-state index is 0.0540. The number of nitrogens with zero attached hydrogens (tertiary/aromatic N) is 3. The van der Waals surface area contributed by atoms with Crippen LogP contribution in [0.1, 0.15) is 39.0 Å². The fourth-order valence-corrected chi connectivity index (χ4v) is 4.35. The van der Waals surface area contributed by atoms with E-state index in [0.717, 1.165) is 24.8 Å². The van der Waals surface area contributed by atoms with Gasteiger partial charge in [-0.05, 0) is 31.4 Å². The molecule has 37 heavy (non-hydrogen) atoms. The molecule has 0 saturated carbocycles. The number of carbonyl (C=O) groups excluding carboxylic acids is 3. The van der Waals surface area contributed by atoms with Crippen molar-refractivity contribution in [3.8, 4) is 0 Å². The topological polar surface area (TPSA) is 246 Å². The first-order valence-electron chi connectivity index (χ1n) is 11.4. The van der Waals surface area contributed by atoms with Crippen molar-refractivity contribution in [2.24, 2.45) is 22.2 Å². The predicted octanol–water partition coefficient (Wildman–Crippen LogP) is -0.623. The van der Waals surface area contributed by atoms with Gasteiger partial charge in [-0.25, -0.2) is 12.7 Å². The number of benzene rings is 1. The third-order valence-corrected chi connectivity index (χ3v) is 6.26. The molecular formula is C21H34N8O7S. The number of hydrogen-bond acceptors (Lipinski definition) is 9. The van der Waals surface area contributed by atoms with E-state index in [1.165, 1.54) is 12.1 Å². The van der Waals surface area contributed by atoms with Crippen molar-refractivity contribution in [2.45, 2.75) is 51.1 Å². The van der Waals surface area contributed by atoms with Gasteiger partial charge >= 0.3 is 0 Å². The van der Waals surface area contributed by atoms with Crippen LogP contribution < -0.4 is 27.8 Å². The Bertz CT molecular complexity index is 1090. The van der Waals surface area contributed by atoms with Crippen LogP contribution in [0.3, 0.4) is 0 Å². The highest BCUT2D eigenvalue weighted by Crippen LogP contribution is 2.19. The molecule has 0 radical (unpaired) electrons. The standard InChI is InChI=1S/C21H34N8O7S/c1-3-4-6-16(22)19(31)26-13-18(30)28(37(2,35)36)17(7-5-12-25-21(23)24)20(32)27-14-8-10-15(11-9-14)29(33)34/h8-11,16-17H,3-7,12-13,22H2,1-2H3,(H,26,31)(H,27,32)(H4,23,24,25)/t16-,17-/m0/s1. The summed E-state index contributed by atoms with van der Waals surface area (Å²) in [5.74, 6) is -2.76. The molecule has 0 fully saturated rings. The summed E-state index contributed by atoms with van der Waals surface area (Å²) in [6, 6.07) is 2.42. The van der Waals surface area contributed by atoms with Gasteiger partial charge in [-0.3, -0.25) is 29.5 Å². The molecule has 0 aromatic heterocycles. The normalized spacial score (nSPS) is 12.6. The quantitative estimate of drug-likeness (QED) is 0.0617. The Morgan fingerprint density at radius 1 is 1.11 bits per heavy atom. The molecule has 0 aliphatic rings. The van der Waals surface area contributed by atoms with Crippen LogP contribution in [-0.2, 0) is 24.4 Å². The Labute approximate surface area is 215 Å². The van der Waals surface area contributed by atoms with E-state index in [4.69, 9.17) is 17.2 Å². The van der Waals surface area contributed by atoms with Crippen molar-refractivity contribution in [1.29, 1.82) is 0 Å². The number of guanidine groups is 1. The van der Waals surface area contributed by atoms with Gasteiger partial charge in [0, 0.05) is 24.4 Å². The number of rotatable bonds is 15. The molecule has 0 unspecified atom stereocenters. The summed E-state index contributed by atoms with van der Waals surface area (Å²) in [6.45, 7) is 1.27. The van der Waals surface area contributed by atoms with Gasteiger partial charge in [-0.15, -0.1) is 0 Å². The lowest BCUT2D eigenvalue weighted by atomic mass is 10.1. The lowest BCUT2D eigenvalue weighted by Gasteiger charge is -2.29. The average Bonchev–Trinajstić information content (AvgIpc) is 2.81. The number of nitro benzene ring substituents is 1. The second kappa shape index (κ2) is 14.7. The summed E-state index contributed by atoms with van der Waals surface area (Å²) < 4.78 is 25.6. The van der Waals surface area contributed by atoms with Crippen molar-refractivity contribution >= 4 is 45.1 Å². The summed E-state index contributed by atoms with van der Waals surface area (Å²) in [5.41, 5.74) is 16.3. The van der Waals surface area contributed by atoms with E-state index in [0.29, 0.717) is 17.1 Å². The Kier molecular flexibility index (Phi) is 12.4. The molecule has 0 bridgehead atoms. The van der Waals surface area contributed by atoms with Crippen LogP contribution in [0.25, 0.3) is 0 Å². The van der Waals surface area contributed by atoms with Crippen molar-refractivity contribution in [3.63, 3.8) is 0 Å². The summed E-state index contributed by atoms with van der Waals surface area (Å²) in [4.78, 5) is 52.3. The molecule has 0 saturated heterocycles. The molecular weight excluding hydrogens is 508 g/mol. The first kappa shape index (κ1) is 31.2. The molecule has 1 aromatic carbocycles. The minimum atomic E-state index is -4.29. The molecule has 206 valence electrons. The summed E-state index contributed by atoms with van der Waals surface area (Å²) in [5, 5.41) is 15.6. The Morgan fingerprint density at radius 3 is 2.24 bits per heavy atom. The SMILES string of the molecule is CCCC[C@H](N)C(=O)NCC(=O)N([C@@H](CCCN=C(N)N)C(=O)Nc1ccc([N+](=O)[O-])cc1)S(C)(=O)=O. The summed E-state index contributed by atoms with van der Waals surface area (Å²) >= 11 is 0. The van der Waals surface area contributed by atoms with Gasteiger partial charge in [-0.1, -0.05) is 19.8 Å². The van der Waals surface area contributed by atoms with Gasteiger partial charge in [0.2, 0.25) is 21.8 Å². The van der Waals surface area contributed by atoms with Crippen LogP contribution in [0.4, 0.5) is 11.4 Å². The molecule has 15 nitrogen and oxygen atoms in total. The lowest BCUT2D eigenvalue weighted by Crippen LogP contribution is -2.54. The maximum absolute atomic E-state index is 13.1.